The summed E-state index contributed by atoms with van der Waals surface area (Å²) in [6, 6.07) is 3.95. The summed E-state index contributed by atoms with van der Waals surface area (Å²) in [4.78, 5) is 3.95. The molecule has 11 heavy (non-hydrogen) atoms. The molecule has 2 nitrogen and oxygen atoms in total. The number of rotatable bonds is 2. The average molecular weight is 152 g/mol. The van der Waals surface area contributed by atoms with Gasteiger partial charge in [0.05, 0.1) is 0 Å². The highest BCUT2D eigenvalue weighted by molar-refractivity contribution is 5.08. The van der Waals surface area contributed by atoms with Crippen molar-refractivity contribution in [2.75, 3.05) is 6.54 Å². The van der Waals surface area contributed by atoms with Crippen LogP contribution in [0.2, 0.25) is 0 Å². The van der Waals surface area contributed by atoms with E-state index in [1.54, 1.807) is 6.20 Å². The number of hydrogen-bond acceptors (Lipinski definition) is 2. The van der Waals surface area contributed by atoms with Gasteiger partial charge in [-0.15, -0.1) is 0 Å². The fraction of sp³-hybridized carbons (Fsp3) is 0.444. The summed E-state index contributed by atoms with van der Waals surface area (Å²) in [5, 5.41) is 0. The van der Waals surface area contributed by atoms with Crippen molar-refractivity contribution in [3.05, 3.63) is 30.1 Å². The first-order valence-electron chi connectivity index (χ1n) is 4.02. The average Bonchev–Trinajstić information content (AvgIpc) is 2.11. The molecular formula is C9H16N2. The van der Waals surface area contributed by atoms with Crippen molar-refractivity contribution >= 4 is 0 Å². The van der Waals surface area contributed by atoms with E-state index in [1.807, 2.05) is 32.2 Å². The zero-order valence-corrected chi connectivity index (χ0v) is 7.25. The Morgan fingerprint density at radius 1 is 1.45 bits per heavy atom. The molecule has 0 unspecified atom stereocenters. The highest BCUT2D eigenvalue weighted by Crippen LogP contribution is 1.93. The Hall–Kier alpha value is -0.890. The lowest BCUT2D eigenvalue weighted by Crippen LogP contribution is -2.02. The van der Waals surface area contributed by atoms with Gasteiger partial charge in [-0.1, -0.05) is 19.9 Å². The second-order valence-corrected chi connectivity index (χ2v) is 1.90. The van der Waals surface area contributed by atoms with Crippen molar-refractivity contribution in [3.63, 3.8) is 0 Å². The largest absolute Gasteiger partial charge is 0.330 e. The van der Waals surface area contributed by atoms with Crippen molar-refractivity contribution in [3.8, 4) is 0 Å². The molecule has 0 saturated carbocycles. The van der Waals surface area contributed by atoms with Crippen LogP contribution in [-0.2, 0) is 6.42 Å². The first kappa shape index (κ1) is 10.1. The second kappa shape index (κ2) is 7.22. The van der Waals surface area contributed by atoms with Crippen molar-refractivity contribution in [2.45, 2.75) is 20.3 Å². The normalized spacial score (nSPS) is 8.27. The predicted molar refractivity (Wildman–Crippen MR) is 48.3 cm³/mol. The quantitative estimate of drug-likeness (QED) is 0.699. The van der Waals surface area contributed by atoms with Crippen LogP contribution in [0.25, 0.3) is 0 Å². The smallest absolute Gasteiger partial charge is 0.0300 e. The highest BCUT2D eigenvalue weighted by atomic mass is 14.6. The number of nitrogens with two attached hydrogens (primary N) is 1. The Morgan fingerprint density at radius 3 is 2.64 bits per heavy atom. The Labute approximate surface area is 68.5 Å². The first-order chi connectivity index (χ1) is 5.43. The molecule has 0 aromatic carbocycles. The van der Waals surface area contributed by atoms with E-state index in [-0.39, 0.29) is 0 Å². The van der Waals surface area contributed by atoms with Gasteiger partial charge in [0.15, 0.2) is 0 Å². The van der Waals surface area contributed by atoms with Gasteiger partial charge in [-0.05, 0) is 24.6 Å². The third-order valence-electron chi connectivity index (χ3n) is 1.16. The molecule has 2 N–H and O–H groups in total. The van der Waals surface area contributed by atoms with Crippen LogP contribution in [0.1, 0.15) is 19.4 Å². The van der Waals surface area contributed by atoms with Crippen LogP contribution in [0.3, 0.4) is 0 Å². The van der Waals surface area contributed by atoms with Crippen LogP contribution >= 0.6 is 0 Å². The van der Waals surface area contributed by atoms with E-state index in [1.165, 1.54) is 5.56 Å². The van der Waals surface area contributed by atoms with Crippen LogP contribution in [0.4, 0.5) is 0 Å². The van der Waals surface area contributed by atoms with Gasteiger partial charge >= 0.3 is 0 Å². The summed E-state index contributed by atoms with van der Waals surface area (Å²) in [6.45, 7) is 4.70. The Morgan fingerprint density at radius 2 is 2.18 bits per heavy atom. The molecule has 1 aromatic rings. The van der Waals surface area contributed by atoms with Crippen molar-refractivity contribution in [2.24, 2.45) is 5.73 Å². The van der Waals surface area contributed by atoms with Crippen molar-refractivity contribution in [1.29, 1.82) is 0 Å². The summed E-state index contributed by atoms with van der Waals surface area (Å²) < 4.78 is 0. The standard InChI is InChI=1S/C7H10N2.C2H6/c8-4-3-7-2-1-5-9-6-7;1-2/h1-2,5-6H,3-4,8H2;1-2H3. The summed E-state index contributed by atoms with van der Waals surface area (Å²) in [5.41, 5.74) is 6.54. The maximum absolute atomic E-state index is 5.33. The van der Waals surface area contributed by atoms with Crippen molar-refractivity contribution in [1.82, 2.24) is 4.98 Å². The second-order valence-electron chi connectivity index (χ2n) is 1.90. The lowest BCUT2D eigenvalue weighted by atomic mass is 10.2. The number of pyridine rings is 1. The predicted octanol–water partition coefficient (Wildman–Crippen LogP) is 1.61. The zero-order chi connectivity index (χ0) is 8.53. The fourth-order valence-electron chi connectivity index (χ4n) is 0.713. The molecule has 0 aliphatic heterocycles. The van der Waals surface area contributed by atoms with E-state index in [0.29, 0.717) is 6.54 Å². The Balaban J connectivity index is 0.000000461. The van der Waals surface area contributed by atoms with E-state index < -0.39 is 0 Å². The van der Waals surface area contributed by atoms with Crippen LogP contribution in [-0.4, -0.2) is 11.5 Å². The molecule has 0 radical (unpaired) electrons. The van der Waals surface area contributed by atoms with Gasteiger partial charge in [0, 0.05) is 12.4 Å². The van der Waals surface area contributed by atoms with Gasteiger partial charge in [-0.2, -0.15) is 0 Å². The molecule has 1 aromatic heterocycles. The van der Waals surface area contributed by atoms with Gasteiger partial charge in [0.25, 0.3) is 0 Å². The van der Waals surface area contributed by atoms with Crippen LogP contribution in [0.5, 0.6) is 0 Å². The van der Waals surface area contributed by atoms with E-state index in [4.69, 9.17) is 5.73 Å². The molecule has 0 saturated heterocycles. The lowest BCUT2D eigenvalue weighted by molar-refractivity contribution is 0.959. The summed E-state index contributed by atoms with van der Waals surface area (Å²) in [6.07, 6.45) is 4.53. The molecule has 0 spiro atoms. The molecule has 0 aliphatic rings. The third kappa shape index (κ3) is 4.51. The van der Waals surface area contributed by atoms with E-state index in [0.717, 1.165) is 6.42 Å². The minimum absolute atomic E-state index is 0.700. The zero-order valence-electron chi connectivity index (χ0n) is 7.25. The van der Waals surface area contributed by atoms with Gasteiger partial charge in [-0.25, -0.2) is 0 Å². The summed E-state index contributed by atoms with van der Waals surface area (Å²) in [5.74, 6) is 0. The minimum atomic E-state index is 0.700. The Bertz CT molecular complexity index is 160. The monoisotopic (exact) mass is 152 g/mol. The van der Waals surface area contributed by atoms with Gasteiger partial charge < -0.3 is 5.73 Å². The van der Waals surface area contributed by atoms with Crippen LogP contribution in [0, 0.1) is 0 Å². The molecule has 0 atom stereocenters. The molecule has 0 bridgehead atoms. The topological polar surface area (TPSA) is 38.9 Å². The SMILES string of the molecule is CC.NCCc1cccnc1. The van der Waals surface area contributed by atoms with Crippen LogP contribution < -0.4 is 5.73 Å². The lowest BCUT2D eigenvalue weighted by Gasteiger charge is -1.93. The maximum atomic E-state index is 5.33. The molecule has 0 fully saturated rings. The Kier molecular flexibility index (Phi) is 6.64. The molecular weight excluding hydrogens is 136 g/mol. The van der Waals surface area contributed by atoms with E-state index >= 15 is 0 Å². The van der Waals surface area contributed by atoms with Gasteiger partial charge in [-0.3, -0.25) is 4.98 Å². The van der Waals surface area contributed by atoms with Crippen LogP contribution in [0.15, 0.2) is 24.5 Å². The molecule has 0 aliphatic carbocycles. The van der Waals surface area contributed by atoms with Crippen molar-refractivity contribution < 1.29 is 0 Å². The molecule has 2 heteroatoms. The summed E-state index contributed by atoms with van der Waals surface area (Å²) in [7, 11) is 0. The molecule has 0 amide bonds. The number of hydrogen-bond donors (Lipinski definition) is 1. The number of nitrogens with zero attached hydrogens (tertiary/aromatic N) is 1. The molecule has 1 heterocycles. The first-order valence-corrected chi connectivity index (χ1v) is 4.02. The highest BCUT2D eigenvalue weighted by Gasteiger charge is 1.85. The minimum Gasteiger partial charge on any atom is -0.330 e. The van der Waals surface area contributed by atoms with E-state index in [2.05, 4.69) is 4.98 Å². The maximum Gasteiger partial charge on any atom is 0.0300 e. The molecule has 62 valence electrons. The van der Waals surface area contributed by atoms with E-state index in [9.17, 15) is 0 Å². The third-order valence-corrected chi connectivity index (χ3v) is 1.16. The van der Waals surface area contributed by atoms with Gasteiger partial charge in [0.2, 0.25) is 0 Å². The fourth-order valence-corrected chi connectivity index (χ4v) is 0.713. The summed E-state index contributed by atoms with van der Waals surface area (Å²) >= 11 is 0. The molecule has 1 rings (SSSR count). The van der Waals surface area contributed by atoms with Gasteiger partial charge in [0.1, 0.15) is 0 Å². The number of aromatic nitrogens is 1.